The third-order valence-corrected chi connectivity index (χ3v) is 4.43. The molecule has 1 unspecified atom stereocenters. The van der Waals surface area contributed by atoms with E-state index in [1.54, 1.807) is 6.92 Å². The number of nitrogens with one attached hydrogen (secondary N) is 2. The Morgan fingerprint density at radius 2 is 2.08 bits per heavy atom. The molecule has 2 N–H and O–H groups in total. The van der Waals surface area contributed by atoms with Gasteiger partial charge in [-0.3, -0.25) is 14.4 Å². The molecule has 26 heavy (non-hydrogen) atoms. The Labute approximate surface area is 150 Å². The lowest BCUT2D eigenvalue weighted by Crippen LogP contribution is -2.58. The summed E-state index contributed by atoms with van der Waals surface area (Å²) in [6, 6.07) is 8.84. The molecule has 8 heteroatoms. The van der Waals surface area contributed by atoms with Crippen LogP contribution in [0.5, 0.6) is 0 Å². The Morgan fingerprint density at radius 3 is 2.81 bits per heavy atom. The van der Waals surface area contributed by atoms with E-state index in [1.807, 2.05) is 37.3 Å². The maximum Gasteiger partial charge on any atom is 0.312 e. The van der Waals surface area contributed by atoms with Gasteiger partial charge in [-0.05, 0) is 13.8 Å². The number of nitrogens with zero attached hydrogens (tertiary/aromatic N) is 2. The summed E-state index contributed by atoms with van der Waals surface area (Å²) in [7, 11) is 0. The number of aromatic nitrogens is 1. The van der Waals surface area contributed by atoms with E-state index in [9.17, 15) is 14.4 Å². The van der Waals surface area contributed by atoms with Gasteiger partial charge in [0.2, 0.25) is 5.91 Å². The molecular formula is C18H20N4O4. The second-order valence-electron chi connectivity index (χ2n) is 6.10. The Morgan fingerprint density at radius 1 is 1.35 bits per heavy atom. The van der Waals surface area contributed by atoms with Crippen LogP contribution in [-0.4, -0.2) is 46.9 Å². The number of hydrogen-bond donors (Lipinski definition) is 2. The first-order valence-electron chi connectivity index (χ1n) is 8.36. The molecular weight excluding hydrogens is 336 g/mol. The van der Waals surface area contributed by atoms with Crippen LogP contribution in [-0.2, 0) is 20.9 Å². The number of carbonyl (C=O) groups excluding carboxylic acids is 3. The molecule has 0 saturated carbocycles. The van der Waals surface area contributed by atoms with E-state index in [1.165, 1.54) is 4.90 Å². The Balaban J connectivity index is 1.64. The third-order valence-electron chi connectivity index (χ3n) is 4.43. The van der Waals surface area contributed by atoms with Crippen LogP contribution in [0.15, 0.2) is 34.9 Å². The molecule has 1 atom stereocenters. The highest BCUT2D eigenvalue weighted by atomic mass is 16.5. The lowest BCUT2D eigenvalue weighted by Gasteiger charge is -2.32. The van der Waals surface area contributed by atoms with E-state index < -0.39 is 17.9 Å². The van der Waals surface area contributed by atoms with Crippen molar-refractivity contribution in [2.75, 3.05) is 13.1 Å². The molecule has 8 nitrogen and oxygen atoms in total. The topological polar surface area (TPSA) is 105 Å². The van der Waals surface area contributed by atoms with Crippen LogP contribution in [0.1, 0.15) is 18.2 Å². The summed E-state index contributed by atoms with van der Waals surface area (Å²) in [4.78, 5) is 37.3. The highest BCUT2D eigenvalue weighted by molar-refractivity contribution is 6.35. The molecule has 2 heterocycles. The van der Waals surface area contributed by atoms with Crippen molar-refractivity contribution < 1.29 is 18.9 Å². The average molecular weight is 356 g/mol. The second-order valence-corrected chi connectivity index (χ2v) is 6.10. The van der Waals surface area contributed by atoms with Crippen LogP contribution in [0.25, 0.3) is 11.3 Å². The van der Waals surface area contributed by atoms with Crippen LogP contribution in [0.2, 0.25) is 0 Å². The molecule has 1 aliphatic heterocycles. The first-order chi connectivity index (χ1) is 12.5. The highest BCUT2D eigenvalue weighted by Gasteiger charge is 2.32. The number of benzene rings is 1. The summed E-state index contributed by atoms with van der Waals surface area (Å²) in [6.07, 6.45) is 0. The Hall–Kier alpha value is -3.16. The van der Waals surface area contributed by atoms with E-state index in [2.05, 4.69) is 15.8 Å². The van der Waals surface area contributed by atoms with Crippen molar-refractivity contribution in [3.8, 4) is 11.3 Å². The largest absolute Gasteiger partial charge is 0.356 e. The van der Waals surface area contributed by atoms with Gasteiger partial charge < -0.3 is 20.1 Å². The van der Waals surface area contributed by atoms with Gasteiger partial charge in [0.15, 0.2) is 5.76 Å². The van der Waals surface area contributed by atoms with Gasteiger partial charge in [-0.15, -0.1) is 0 Å². The molecule has 1 aromatic carbocycles. The van der Waals surface area contributed by atoms with Crippen LogP contribution >= 0.6 is 0 Å². The summed E-state index contributed by atoms with van der Waals surface area (Å²) in [6.45, 7) is 4.15. The van der Waals surface area contributed by atoms with E-state index >= 15 is 0 Å². The van der Waals surface area contributed by atoms with Gasteiger partial charge in [0.1, 0.15) is 11.7 Å². The first-order valence-corrected chi connectivity index (χ1v) is 8.36. The van der Waals surface area contributed by atoms with Crippen molar-refractivity contribution in [3.63, 3.8) is 0 Å². The quantitative estimate of drug-likeness (QED) is 0.784. The summed E-state index contributed by atoms with van der Waals surface area (Å²) in [5.41, 5.74) is 2.24. The van der Waals surface area contributed by atoms with Gasteiger partial charge in [-0.1, -0.05) is 35.5 Å². The minimum Gasteiger partial charge on any atom is -0.356 e. The van der Waals surface area contributed by atoms with Gasteiger partial charge in [-0.25, -0.2) is 0 Å². The van der Waals surface area contributed by atoms with Gasteiger partial charge in [-0.2, -0.15) is 0 Å². The molecule has 1 aromatic heterocycles. The van der Waals surface area contributed by atoms with Gasteiger partial charge in [0, 0.05) is 24.2 Å². The van der Waals surface area contributed by atoms with Gasteiger partial charge in [0.25, 0.3) is 0 Å². The van der Waals surface area contributed by atoms with E-state index in [0.717, 1.165) is 11.1 Å². The van der Waals surface area contributed by atoms with Crippen molar-refractivity contribution in [1.82, 2.24) is 20.7 Å². The van der Waals surface area contributed by atoms with Crippen molar-refractivity contribution in [3.05, 3.63) is 41.6 Å². The summed E-state index contributed by atoms with van der Waals surface area (Å²) in [5, 5.41) is 9.19. The monoisotopic (exact) mass is 356 g/mol. The number of hydrogen-bond acceptors (Lipinski definition) is 5. The molecule has 0 radical (unpaired) electrons. The number of piperazine rings is 1. The molecule has 0 bridgehead atoms. The van der Waals surface area contributed by atoms with Crippen molar-refractivity contribution in [1.29, 1.82) is 0 Å². The number of amides is 3. The van der Waals surface area contributed by atoms with Crippen molar-refractivity contribution >= 4 is 17.7 Å². The second kappa shape index (κ2) is 7.38. The predicted molar refractivity (Wildman–Crippen MR) is 92.7 cm³/mol. The van der Waals surface area contributed by atoms with Crippen LogP contribution < -0.4 is 10.6 Å². The molecule has 3 amide bonds. The Bertz CT molecular complexity index is 831. The zero-order chi connectivity index (χ0) is 18.7. The maximum atomic E-state index is 12.3. The molecule has 3 rings (SSSR count). The molecule has 1 aliphatic rings. The fraction of sp³-hybridized carbons (Fsp3) is 0.333. The van der Waals surface area contributed by atoms with Gasteiger partial charge in [0.05, 0.1) is 6.54 Å². The fourth-order valence-corrected chi connectivity index (χ4v) is 2.82. The van der Waals surface area contributed by atoms with Crippen LogP contribution in [0.3, 0.4) is 0 Å². The van der Waals surface area contributed by atoms with Crippen LogP contribution in [0, 0.1) is 6.92 Å². The van der Waals surface area contributed by atoms with E-state index in [0.29, 0.717) is 24.5 Å². The minimum atomic E-state index is -0.768. The van der Waals surface area contributed by atoms with Crippen molar-refractivity contribution in [2.45, 2.75) is 26.4 Å². The lowest BCUT2D eigenvalue weighted by atomic mass is 10.1. The standard InChI is InChI=1S/C18H20N4O4/c1-11-14(21-26-15(11)13-6-4-3-5-7-13)10-20-17(24)18(25)22-9-8-19-16(23)12(22)2/h3-7,12H,8-10H2,1-2H3,(H,19,23)(H,20,24). The summed E-state index contributed by atoms with van der Waals surface area (Å²) in [5.74, 6) is -1.13. The Kier molecular flexibility index (Phi) is 5.01. The number of carbonyl (C=O) groups is 3. The summed E-state index contributed by atoms with van der Waals surface area (Å²) >= 11 is 0. The molecule has 1 fully saturated rings. The summed E-state index contributed by atoms with van der Waals surface area (Å²) < 4.78 is 5.37. The predicted octanol–water partition coefficient (Wildman–Crippen LogP) is 0.613. The smallest absolute Gasteiger partial charge is 0.312 e. The van der Waals surface area contributed by atoms with E-state index in [-0.39, 0.29) is 12.5 Å². The number of rotatable bonds is 3. The molecule has 0 aliphatic carbocycles. The van der Waals surface area contributed by atoms with E-state index in [4.69, 9.17) is 4.52 Å². The minimum absolute atomic E-state index is 0.0706. The zero-order valence-electron chi connectivity index (χ0n) is 14.6. The fourth-order valence-electron chi connectivity index (χ4n) is 2.82. The lowest BCUT2D eigenvalue weighted by molar-refractivity contribution is -0.150. The normalized spacial score (nSPS) is 16.9. The SMILES string of the molecule is Cc1c(CNC(=O)C(=O)N2CCNC(=O)C2C)noc1-c1ccccc1. The highest BCUT2D eigenvalue weighted by Crippen LogP contribution is 2.25. The molecule has 1 saturated heterocycles. The first kappa shape index (κ1) is 17.7. The molecule has 0 spiro atoms. The van der Waals surface area contributed by atoms with Crippen LogP contribution in [0.4, 0.5) is 0 Å². The molecule has 136 valence electrons. The zero-order valence-corrected chi connectivity index (χ0v) is 14.6. The van der Waals surface area contributed by atoms with Crippen molar-refractivity contribution in [2.24, 2.45) is 0 Å². The van der Waals surface area contributed by atoms with Gasteiger partial charge >= 0.3 is 11.8 Å². The average Bonchev–Trinajstić information content (AvgIpc) is 3.02. The third kappa shape index (κ3) is 3.44. The molecule has 2 aromatic rings. The maximum absolute atomic E-state index is 12.3.